The van der Waals surface area contributed by atoms with Gasteiger partial charge in [0.05, 0.1) is 18.7 Å². The third kappa shape index (κ3) is 3.54. The van der Waals surface area contributed by atoms with Gasteiger partial charge in [-0.2, -0.15) is 0 Å². The van der Waals surface area contributed by atoms with Crippen molar-refractivity contribution in [2.24, 2.45) is 0 Å². The van der Waals surface area contributed by atoms with Gasteiger partial charge in [-0.05, 0) is 24.1 Å². The molecule has 1 aromatic carbocycles. The quantitative estimate of drug-likeness (QED) is 0.884. The van der Waals surface area contributed by atoms with E-state index < -0.39 is 0 Å². The van der Waals surface area contributed by atoms with Gasteiger partial charge in [0.25, 0.3) is 0 Å². The summed E-state index contributed by atoms with van der Waals surface area (Å²) in [5.41, 5.74) is 2.87. The minimum absolute atomic E-state index is 0.373. The number of aromatic nitrogens is 1. The van der Waals surface area contributed by atoms with Crippen LogP contribution < -0.4 is 4.74 Å². The minimum Gasteiger partial charge on any atom is -0.497 e. The zero-order chi connectivity index (χ0) is 12.1. The Morgan fingerprint density at radius 3 is 3.00 bits per heavy atom. The van der Waals surface area contributed by atoms with Crippen molar-refractivity contribution in [1.29, 1.82) is 0 Å². The number of hydrogen-bond donors (Lipinski definition) is 1. The van der Waals surface area contributed by atoms with Crippen LogP contribution in [-0.4, -0.2) is 23.3 Å². The number of ether oxygens (including phenoxy) is 1. The van der Waals surface area contributed by atoms with Crippen molar-refractivity contribution in [2.45, 2.75) is 18.9 Å². The summed E-state index contributed by atoms with van der Waals surface area (Å²) < 4.78 is 5.15. The molecule has 0 bridgehead atoms. The highest BCUT2D eigenvalue weighted by atomic mass is 32.1. The van der Waals surface area contributed by atoms with E-state index in [4.69, 9.17) is 4.74 Å². The lowest BCUT2D eigenvalue weighted by Crippen LogP contribution is -2.13. The van der Waals surface area contributed by atoms with Gasteiger partial charge < -0.3 is 9.84 Å². The number of aliphatic hydroxyl groups is 1. The van der Waals surface area contributed by atoms with E-state index in [2.05, 4.69) is 4.98 Å². The number of nitrogens with zero attached hydrogens (tertiary/aromatic N) is 1. The van der Waals surface area contributed by atoms with Crippen molar-refractivity contribution in [3.8, 4) is 5.75 Å². The highest BCUT2D eigenvalue weighted by molar-refractivity contribution is 7.09. The van der Waals surface area contributed by atoms with E-state index in [1.165, 1.54) is 0 Å². The summed E-state index contributed by atoms with van der Waals surface area (Å²) in [6.45, 7) is 0. The van der Waals surface area contributed by atoms with Crippen LogP contribution in [0.15, 0.2) is 36.0 Å². The number of hydrogen-bond acceptors (Lipinski definition) is 4. The molecule has 2 aromatic rings. The number of benzene rings is 1. The zero-order valence-electron chi connectivity index (χ0n) is 9.67. The second kappa shape index (κ2) is 5.80. The average molecular weight is 249 g/mol. The Bertz CT molecular complexity index is 456. The van der Waals surface area contributed by atoms with Gasteiger partial charge in [0.15, 0.2) is 0 Å². The lowest BCUT2D eigenvalue weighted by molar-refractivity contribution is 0.176. The molecule has 1 N–H and O–H groups in total. The summed E-state index contributed by atoms with van der Waals surface area (Å²) in [5.74, 6) is 0.826. The van der Waals surface area contributed by atoms with E-state index in [1.807, 2.05) is 24.3 Å². The predicted octanol–water partition coefficient (Wildman–Crippen LogP) is 2.30. The number of thiazole rings is 1. The van der Waals surface area contributed by atoms with Gasteiger partial charge in [0.2, 0.25) is 0 Å². The fourth-order valence-corrected chi connectivity index (χ4v) is 2.39. The van der Waals surface area contributed by atoms with Gasteiger partial charge in [0.1, 0.15) is 5.75 Å². The van der Waals surface area contributed by atoms with Crippen LogP contribution in [0.4, 0.5) is 0 Å². The van der Waals surface area contributed by atoms with Gasteiger partial charge in [-0.25, -0.2) is 0 Å². The lowest BCUT2D eigenvalue weighted by atomic mass is 10.1. The summed E-state index contributed by atoms with van der Waals surface area (Å²) in [7, 11) is 1.65. The number of rotatable bonds is 5. The van der Waals surface area contributed by atoms with Crippen LogP contribution in [0.1, 0.15) is 10.4 Å². The first-order valence-corrected chi connectivity index (χ1v) is 6.34. The van der Waals surface area contributed by atoms with Crippen LogP contribution >= 0.6 is 11.3 Å². The SMILES string of the molecule is COc1cccc(CC(O)Cc2cncs2)c1. The van der Waals surface area contributed by atoms with Gasteiger partial charge in [-0.1, -0.05) is 12.1 Å². The second-order valence-corrected chi connectivity index (χ2v) is 4.85. The van der Waals surface area contributed by atoms with E-state index in [0.717, 1.165) is 16.2 Å². The van der Waals surface area contributed by atoms with Crippen molar-refractivity contribution < 1.29 is 9.84 Å². The van der Waals surface area contributed by atoms with E-state index in [9.17, 15) is 5.11 Å². The molecule has 0 saturated heterocycles. The third-order valence-corrected chi connectivity index (χ3v) is 3.33. The number of aliphatic hydroxyl groups excluding tert-OH is 1. The molecule has 1 heterocycles. The highest BCUT2D eigenvalue weighted by Gasteiger charge is 2.08. The first kappa shape index (κ1) is 12.1. The number of methoxy groups -OCH3 is 1. The van der Waals surface area contributed by atoms with E-state index in [1.54, 1.807) is 30.2 Å². The smallest absolute Gasteiger partial charge is 0.119 e. The first-order valence-electron chi connectivity index (χ1n) is 5.46. The Balaban J connectivity index is 1.95. The van der Waals surface area contributed by atoms with Gasteiger partial charge in [0, 0.05) is 17.5 Å². The summed E-state index contributed by atoms with van der Waals surface area (Å²) in [4.78, 5) is 5.11. The lowest BCUT2D eigenvalue weighted by Gasteiger charge is -2.10. The molecular weight excluding hydrogens is 234 g/mol. The fourth-order valence-electron chi connectivity index (χ4n) is 1.72. The first-order chi connectivity index (χ1) is 8.28. The maximum Gasteiger partial charge on any atom is 0.119 e. The topological polar surface area (TPSA) is 42.4 Å². The van der Waals surface area contributed by atoms with E-state index in [-0.39, 0.29) is 6.10 Å². The summed E-state index contributed by atoms with van der Waals surface area (Å²) >= 11 is 1.57. The molecule has 3 nitrogen and oxygen atoms in total. The van der Waals surface area contributed by atoms with Crippen LogP contribution in [0, 0.1) is 0 Å². The molecule has 2 rings (SSSR count). The summed E-state index contributed by atoms with van der Waals surface area (Å²) in [5, 5.41) is 9.98. The molecule has 4 heteroatoms. The Morgan fingerprint density at radius 2 is 2.29 bits per heavy atom. The molecule has 0 aliphatic rings. The maximum atomic E-state index is 9.98. The molecule has 0 saturated carbocycles. The predicted molar refractivity (Wildman–Crippen MR) is 68.5 cm³/mol. The third-order valence-electron chi connectivity index (χ3n) is 2.53. The van der Waals surface area contributed by atoms with Crippen molar-refractivity contribution >= 4 is 11.3 Å². The van der Waals surface area contributed by atoms with Crippen LogP contribution in [-0.2, 0) is 12.8 Å². The van der Waals surface area contributed by atoms with Gasteiger partial charge >= 0.3 is 0 Å². The molecular formula is C13H15NO2S. The molecule has 0 amide bonds. The Hall–Kier alpha value is -1.39. The summed E-state index contributed by atoms with van der Waals surface area (Å²) in [6, 6.07) is 7.79. The van der Waals surface area contributed by atoms with Crippen LogP contribution in [0.2, 0.25) is 0 Å². The standard InChI is InChI=1S/C13H15NO2S/c1-16-12-4-2-3-10(6-12)5-11(15)7-13-8-14-9-17-13/h2-4,6,8-9,11,15H,5,7H2,1H3. The van der Waals surface area contributed by atoms with Crippen LogP contribution in [0.5, 0.6) is 5.75 Å². The van der Waals surface area contributed by atoms with Crippen molar-refractivity contribution in [1.82, 2.24) is 4.98 Å². The molecule has 1 atom stereocenters. The highest BCUT2D eigenvalue weighted by Crippen LogP contribution is 2.16. The van der Waals surface area contributed by atoms with Crippen LogP contribution in [0.3, 0.4) is 0 Å². The van der Waals surface area contributed by atoms with Crippen LogP contribution in [0.25, 0.3) is 0 Å². The normalized spacial score (nSPS) is 12.4. The molecule has 0 aliphatic heterocycles. The van der Waals surface area contributed by atoms with Gasteiger partial charge in [-0.3, -0.25) is 4.98 Å². The second-order valence-electron chi connectivity index (χ2n) is 3.88. The molecule has 1 aromatic heterocycles. The van der Waals surface area contributed by atoms with Crippen molar-refractivity contribution in [3.63, 3.8) is 0 Å². The zero-order valence-corrected chi connectivity index (χ0v) is 10.5. The van der Waals surface area contributed by atoms with Gasteiger partial charge in [-0.15, -0.1) is 11.3 Å². The molecule has 0 radical (unpaired) electrons. The van der Waals surface area contributed by atoms with Crippen molar-refractivity contribution in [2.75, 3.05) is 7.11 Å². The maximum absolute atomic E-state index is 9.98. The molecule has 0 aliphatic carbocycles. The molecule has 90 valence electrons. The van der Waals surface area contributed by atoms with E-state index >= 15 is 0 Å². The minimum atomic E-state index is -0.373. The average Bonchev–Trinajstić information content (AvgIpc) is 2.82. The molecule has 17 heavy (non-hydrogen) atoms. The fraction of sp³-hybridized carbons (Fsp3) is 0.308. The van der Waals surface area contributed by atoms with E-state index in [0.29, 0.717) is 12.8 Å². The summed E-state index contributed by atoms with van der Waals surface area (Å²) in [6.07, 6.45) is 2.72. The molecule has 0 fully saturated rings. The Labute approximate surface area is 105 Å². The Morgan fingerprint density at radius 1 is 1.41 bits per heavy atom. The molecule has 0 spiro atoms. The molecule has 1 unspecified atom stereocenters. The monoisotopic (exact) mass is 249 g/mol. The van der Waals surface area contributed by atoms with Crippen molar-refractivity contribution in [3.05, 3.63) is 46.4 Å². The Kier molecular flexibility index (Phi) is 4.12. The largest absolute Gasteiger partial charge is 0.497 e.